The molecule has 1 unspecified atom stereocenters. The summed E-state index contributed by atoms with van der Waals surface area (Å²) >= 11 is 0. The highest BCUT2D eigenvalue weighted by atomic mass is 19.1. The quantitative estimate of drug-likeness (QED) is 0.461. The van der Waals surface area contributed by atoms with Gasteiger partial charge in [-0.05, 0) is 52.4 Å². The van der Waals surface area contributed by atoms with Crippen molar-refractivity contribution in [2.24, 2.45) is 0 Å². The van der Waals surface area contributed by atoms with Crippen LogP contribution in [0, 0.1) is 11.6 Å². The van der Waals surface area contributed by atoms with E-state index in [1.807, 2.05) is 23.1 Å². The Bertz CT molecular complexity index is 1150. The van der Waals surface area contributed by atoms with E-state index in [9.17, 15) is 8.78 Å². The molecule has 7 nitrogen and oxygen atoms in total. The first-order valence-corrected chi connectivity index (χ1v) is 10.5. The minimum atomic E-state index is -0.299. The predicted octanol–water partition coefficient (Wildman–Crippen LogP) is 3.50. The van der Waals surface area contributed by atoms with Crippen molar-refractivity contribution < 1.29 is 13.2 Å². The highest BCUT2D eigenvalue weighted by molar-refractivity contribution is 5.48. The average molecular weight is 436 g/mol. The molecule has 0 radical (unpaired) electrons. The summed E-state index contributed by atoms with van der Waals surface area (Å²) in [5.74, 6) is 0.860. The Morgan fingerprint density at radius 2 is 1.69 bits per heavy atom. The second-order valence-electron chi connectivity index (χ2n) is 7.70. The third kappa shape index (κ3) is 4.11. The minimum Gasteiger partial charge on any atom is -0.467 e. The number of furan rings is 1. The molecule has 0 amide bonds. The van der Waals surface area contributed by atoms with E-state index in [-0.39, 0.29) is 17.7 Å². The van der Waals surface area contributed by atoms with Gasteiger partial charge >= 0.3 is 0 Å². The number of nitrogens with zero attached hydrogens (tertiary/aromatic N) is 6. The molecule has 4 aromatic rings. The first kappa shape index (κ1) is 20.3. The molecule has 5 rings (SSSR count). The Morgan fingerprint density at radius 3 is 2.41 bits per heavy atom. The molecular weight excluding hydrogens is 414 g/mol. The van der Waals surface area contributed by atoms with E-state index < -0.39 is 0 Å². The van der Waals surface area contributed by atoms with Crippen LogP contribution in [0.3, 0.4) is 0 Å². The molecule has 1 aliphatic heterocycles. The topological polar surface area (TPSA) is 63.2 Å². The standard InChI is InChI=1S/C23H22F2N6O/c24-18-9-7-17(8-10-18)22(23-26-27-28-31(23)16-19-4-3-15-32-19)30-13-11-29(12-14-30)21-6-2-1-5-20(21)25/h1-10,15,22H,11-14,16H2. The zero-order valence-corrected chi connectivity index (χ0v) is 17.3. The van der Waals surface area contributed by atoms with Crippen molar-refractivity contribution in [2.75, 3.05) is 31.1 Å². The van der Waals surface area contributed by atoms with Gasteiger partial charge < -0.3 is 9.32 Å². The number of hydrogen-bond donors (Lipinski definition) is 0. The summed E-state index contributed by atoms with van der Waals surface area (Å²) in [6.07, 6.45) is 1.61. The van der Waals surface area contributed by atoms with Crippen molar-refractivity contribution >= 4 is 5.69 Å². The largest absolute Gasteiger partial charge is 0.467 e. The van der Waals surface area contributed by atoms with E-state index in [0.29, 0.717) is 44.2 Å². The van der Waals surface area contributed by atoms with Crippen LogP contribution in [0.25, 0.3) is 0 Å². The summed E-state index contributed by atoms with van der Waals surface area (Å²) in [5, 5.41) is 12.4. The molecule has 0 N–H and O–H groups in total. The van der Waals surface area contributed by atoms with E-state index >= 15 is 0 Å². The first-order chi connectivity index (χ1) is 15.7. The second-order valence-corrected chi connectivity index (χ2v) is 7.70. The van der Waals surface area contributed by atoms with Crippen molar-refractivity contribution in [3.8, 4) is 0 Å². The molecule has 9 heteroatoms. The number of halogens is 2. The zero-order valence-electron chi connectivity index (χ0n) is 17.3. The van der Waals surface area contributed by atoms with Crippen molar-refractivity contribution in [1.29, 1.82) is 0 Å². The lowest BCUT2D eigenvalue weighted by molar-refractivity contribution is 0.200. The van der Waals surface area contributed by atoms with Crippen molar-refractivity contribution in [3.05, 3.63) is 95.7 Å². The molecule has 0 bridgehead atoms. The Balaban J connectivity index is 1.43. The summed E-state index contributed by atoms with van der Waals surface area (Å²) in [4.78, 5) is 4.29. The Labute approximate surface area is 183 Å². The number of tetrazole rings is 1. The maximum Gasteiger partial charge on any atom is 0.173 e. The van der Waals surface area contributed by atoms with Crippen LogP contribution in [0.5, 0.6) is 0 Å². The fourth-order valence-corrected chi connectivity index (χ4v) is 4.17. The molecule has 0 saturated carbocycles. The van der Waals surface area contributed by atoms with Gasteiger partial charge in [-0.2, -0.15) is 0 Å². The van der Waals surface area contributed by atoms with Gasteiger partial charge in [0.05, 0.1) is 18.0 Å². The number of aromatic nitrogens is 4. The molecule has 1 atom stereocenters. The SMILES string of the molecule is Fc1ccc(C(c2nnnn2Cc2ccco2)N2CCN(c3ccccc3F)CC2)cc1. The summed E-state index contributed by atoms with van der Waals surface area (Å²) in [7, 11) is 0. The molecule has 1 aliphatic rings. The maximum absolute atomic E-state index is 14.3. The molecule has 1 fully saturated rings. The highest BCUT2D eigenvalue weighted by Gasteiger charge is 2.31. The minimum absolute atomic E-state index is 0.224. The predicted molar refractivity (Wildman–Crippen MR) is 114 cm³/mol. The van der Waals surface area contributed by atoms with Gasteiger partial charge in [-0.15, -0.1) is 5.10 Å². The van der Waals surface area contributed by atoms with Crippen LogP contribution in [-0.2, 0) is 6.54 Å². The van der Waals surface area contributed by atoms with E-state index in [0.717, 1.165) is 11.3 Å². The van der Waals surface area contributed by atoms with Gasteiger partial charge in [0, 0.05) is 26.2 Å². The van der Waals surface area contributed by atoms with Gasteiger partial charge in [0.15, 0.2) is 5.82 Å². The lowest BCUT2D eigenvalue weighted by Gasteiger charge is -2.40. The van der Waals surface area contributed by atoms with Gasteiger partial charge in [0.1, 0.15) is 23.9 Å². The number of rotatable bonds is 6. The van der Waals surface area contributed by atoms with E-state index in [2.05, 4.69) is 20.4 Å². The molecule has 3 heterocycles. The van der Waals surface area contributed by atoms with Crippen LogP contribution in [0.2, 0.25) is 0 Å². The number of hydrogen-bond acceptors (Lipinski definition) is 6. The van der Waals surface area contributed by atoms with Crippen molar-refractivity contribution in [1.82, 2.24) is 25.1 Å². The molecule has 2 aromatic heterocycles. The van der Waals surface area contributed by atoms with Crippen LogP contribution in [-0.4, -0.2) is 51.3 Å². The Kier molecular flexibility index (Phi) is 5.64. The fourth-order valence-electron chi connectivity index (χ4n) is 4.17. The lowest BCUT2D eigenvalue weighted by Crippen LogP contribution is -2.48. The van der Waals surface area contributed by atoms with Gasteiger partial charge in [0.2, 0.25) is 0 Å². The van der Waals surface area contributed by atoms with E-state index in [4.69, 9.17) is 4.42 Å². The highest BCUT2D eigenvalue weighted by Crippen LogP contribution is 2.30. The lowest BCUT2D eigenvalue weighted by atomic mass is 10.0. The van der Waals surface area contributed by atoms with Crippen molar-refractivity contribution in [2.45, 2.75) is 12.6 Å². The van der Waals surface area contributed by atoms with Gasteiger partial charge in [-0.1, -0.05) is 24.3 Å². The monoisotopic (exact) mass is 436 g/mol. The zero-order chi connectivity index (χ0) is 21.9. The average Bonchev–Trinajstić information content (AvgIpc) is 3.49. The molecule has 164 valence electrons. The molecule has 32 heavy (non-hydrogen) atoms. The third-order valence-corrected chi connectivity index (χ3v) is 5.75. The van der Waals surface area contributed by atoms with E-state index in [1.165, 1.54) is 18.2 Å². The smallest absolute Gasteiger partial charge is 0.173 e. The summed E-state index contributed by atoms with van der Waals surface area (Å²) in [6, 6.07) is 16.6. The van der Waals surface area contributed by atoms with Gasteiger partial charge in [-0.25, -0.2) is 13.5 Å². The number of anilines is 1. The maximum atomic E-state index is 14.3. The second kappa shape index (κ2) is 8.88. The van der Waals surface area contributed by atoms with Crippen LogP contribution >= 0.6 is 0 Å². The summed E-state index contributed by atoms with van der Waals surface area (Å²) < 4.78 is 35.1. The molecule has 1 saturated heterocycles. The van der Waals surface area contributed by atoms with Gasteiger partial charge in [0.25, 0.3) is 0 Å². The summed E-state index contributed by atoms with van der Waals surface area (Å²) in [5.41, 5.74) is 1.49. The number of para-hydroxylation sites is 1. The Hall–Kier alpha value is -3.59. The normalized spacial score (nSPS) is 15.8. The van der Waals surface area contributed by atoms with Crippen LogP contribution in [0.15, 0.2) is 71.3 Å². The van der Waals surface area contributed by atoms with Crippen LogP contribution in [0.1, 0.15) is 23.2 Å². The molecule has 0 aliphatic carbocycles. The van der Waals surface area contributed by atoms with Crippen LogP contribution in [0.4, 0.5) is 14.5 Å². The van der Waals surface area contributed by atoms with E-state index in [1.54, 1.807) is 35.2 Å². The Morgan fingerprint density at radius 1 is 0.906 bits per heavy atom. The molecule has 2 aromatic carbocycles. The molecular formula is C23H22F2N6O. The fraction of sp³-hybridized carbons (Fsp3) is 0.261. The third-order valence-electron chi connectivity index (χ3n) is 5.75. The van der Waals surface area contributed by atoms with Crippen molar-refractivity contribution in [3.63, 3.8) is 0 Å². The number of piperazine rings is 1. The van der Waals surface area contributed by atoms with Crippen LogP contribution < -0.4 is 4.90 Å². The molecule has 0 spiro atoms. The van der Waals surface area contributed by atoms with Gasteiger partial charge in [-0.3, -0.25) is 4.90 Å². The number of benzene rings is 2. The summed E-state index contributed by atoms with van der Waals surface area (Å²) in [6.45, 7) is 3.03. The first-order valence-electron chi connectivity index (χ1n) is 10.5.